The molecule has 0 radical (unpaired) electrons. The Hall–Kier alpha value is -1.00. The van der Waals surface area contributed by atoms with Crippen LogP contribution in [0, 0.1) is 12.8 Å². The number of nitrogens with one attached hydrogen (secondary N) is 1. The van der Waals surface area contributed by atoms with Crippen molar-refractivity contribution in [3.8, 4) is 0 Å². The first-order valence-corrected chi connectivity index (χ1v) is 7.27. The number of amides is 1. The van der Waals surface area contributed by atoms with E-state index in [0.29, 0.717) is 18.3 Å². The Labute approximate surface area is 113 Å². The summed E-state index contributed by atoms with van der Waals surface area (Å²) < 4.78 is 0. The van der Waals surface area contributed by atoms with E-state index in [2.05, 4.69) is 36.7 Å². The summed E-state index contributed by atoms with van der Waals surface area (Å²) in [4.78, 5) is 16.5. The summed E-state index contributed by atoms with van der Waals surface area (Å²) in [6, 6.07) is 8.36. The van der Waals surface area contributed by atoms with Crippen molar-refractivity contribution in [3.63, 3.8) is 0 Å². The van der Waals surface area contributed by atoms with Crippen molar-refractivity contribution >= 4 is 17.7 Å². The standard InChI is InChI=1S/C14H21NO2S/c1-11(2)8-17-15-14(16)10-18-9-13-6-4-12(3)5-7-13/h4-7,11H,8-10H2,1-3H3,(H,15,16). The molecule has 1 aromatic rings. The maximum absolute atomic E-state index is 11.4. The highest BCUT2D eigenvalue weighted by atomic mass is 32.2. The number of benzene rings is 1. The van der Waals surface area contributed by atoms with Crippen LogP contribution >= 0.6 is 11.8 Å². The van der Waals surface area contributed by atoms with Gasteiger partial charge in [-0.15, -0.1) is 11.8 Å². The normalized spacial score (nSPS) is 10.7. The molecule has 0 fully saturated rings. The van der Waals surface area contributed by atoms with Gasteiger partial charge in [-0.05, 0) is 18.4 Å². The number of rotatable bonds is 7. The number of carbonyl (C=O) groups is 1. The predicted molar refractivity (Wildman–Crippen MR) is 76.3 cm³/mol. The van der Waals surface area contributed by atoms with Gasteiger partial charge in [0.15, 0.2) is 0 Å². The first kappa shape index (κ1) is 15.1. The van der Waals surface area contributed by atoms with Gasteiger partial charge in [0.25, 0.3) is 5.91 Å². The quantitative estimate of drug-likeness (QED) is 0.772. The van der Waals surface area contributed by atoms with E-state index in [-0.39, 0.29) is 5.91 Å². The maximum atomic E-state index is 11.4. The summed E-state index contributed by atoms with van der Waals surface area (Å²) in [5.41, 5.74) is 4.94. The van der Waals surface area contributed by atoms with Crippen molar-refractivity contribution in [3.05, 3.63) is 35.4 Å². The molecule has 1 aromatic carbocycles. The lowest BCUT2D eigenvalue weighted by atomic mass is 10.2. The molecule has 0 aliphatic carbocycles. The van der Waals surface area contributed by atoms with Crippen LogP contribution in [0.3, 0.4) is 0 Å². The van der Waals surface area contributed by atoms with E-state index in [4.69, 9.17) is 4.84 Å². The summed E-state index contributed by atoms with van der Waals surface area (Å²) in [5, 5.41) is 0. The van der Waals surface area contributed by atoms with Crippen LogP contribution in [0.4, 0.5) is 0 Å². The maximum Gasteiger partial charge on any atom is 0.253 e. The van der Waals surface area contributed by atoms with Crippen LogP contribution in [0.5, 0.6) is 0 Å². The third kappa shape index (κ3) is 6.67. The van der Waals surface area contributed by atoms with Crippen LogP contribution in [0.1, 0.15) is 25.0 Å². The zero-order chi connectivity index (χ0) is 13.4. The van der Waals surface area contributed by atoms with Crippen LogP contribution < -0.4 is 5.48 Å². The van der Waals surface area contributed by atoms with Gasteiger partial charge in [-0.3, -0.25) is 9.63 Å². The number of aryl methyl sites for hydroxylation is 1. The minimum atomic E-state index is -0.0761. The molecule has 0 aromatic heterocycles. The van der Waals surface area contributed by atoms with Crippen molar-refractivity contribution in [2.75, 3.05) is 12.4 Å². The number of thioether (sulfide) groups is 1. The number of hydroxylamine groups is 1. The Morgan fingerprint density at radius 1 is 1.33 bits per heavy atom. The van der Waals surface area contributed by atoms with Crippen molar-refractivity contribution < 1.29 is 9.63 Å². The summed E-state index contributed by atoms with van der Waals surface area (Å²) in [7, 11) is 0. The molecule has 0 bridgehead atoms. The highest BCUT2D eigenvalue weighted by Crippen LogP contribution is 2.12. The van der Waals surface area contributed by atoms with Gasteiger partial charge in [0.05, 0.1) is 12.4 Å². The molecule has 100 valence electrons. The van der Waals surface area contributed by atoms with Gasteiger partial charge in [0.1, 0.15) is 0 Å². The first-order valence-electron chi connectivity index (χ1n) is 6.12. The lowest BCUT2D eigenvalue weighted by molar-refractivity contribution is -0.131. The Morgan fingerprint density at radius 2 is 2.00 bits per heavy atom. The van der Waals surface area contributed by atoms with Gasteiger partial charge in [0, 0.05) is 5.75 Å². The molecular weight excluding hydrogens is 246 g/mol. The minimum Gasteiger partial charge on any atom is -0.273 e. The third-order valence-electron chi connectivity index (χ3n) is 2.23. The van der Waals surface area contributed by atoms with Gasteiger partial charge >= 0.3 is 0 Å². The summed E-state index contributed by atoms with van der Waals surface area (Å²) in [6.45, 7) is 6.70. The summed E-state index contributed by atoms with van der Waals surface area (Å²) in [6.07, 6.45) is 0. The van der Waals surface area contributed by atoms with Crippen molar-refractivity contribution in [2.45, 2.75) is 26.5 Å². The highest BCUT2D eigenvalue weighted by Gasteiger charge is 2.02. The molecule has 0 aliphatic heterocycles. The van der Waals surface area contributed by atoms with Gasteiger partial charge < -0.3 is 0 Å². The largest absolute Gasteiger partial charge is 0.273 e. The van der Waals surface area contributed by atoms with Crippen LogP contribution in [-0.2, 0) is 15.4 Å². The first-order chi connectivity index (χ1) is 8.58. The van der Waals surface area contributed by atoms with E-state index < -0.39 is 0 Å². The molecule has 0 saturated carbocycles. The predicted octanol–water partition coefficient (Wildman–Crippen LogP) is 2.93. The summed E-state index contributed by atoms with van der Waals surface area (Å²) >= 11 is 1.59. The van der Waals surface area contributed by atoms with E-state index in [1.165, 1.54) is 11.1 Å². The van der Waals surface area contributed by atoms with Gasteiger partial charge in [-0.1, -0.05) is 43.7 Å². The van der Waals surface area contributed by atoms with Crippen LogP contribution in [0.2, 0.25) is 0 Å². The van der Waals surface area contributed by atoms with Gasteiger partial charge in [-0.2, -0.15) is 0 Å². The molecule has 1 amide bonds. The molecule has 3 nitrogen and oxygen atoms in total. The molecule has 0 unspecified atom stereocenters. The Kier molecular flexibility index (Phi) is 6.83. The topological polar surface area (TPSA) is 38.3 Å². The highest BCUT2D eigenvalue weighted by molar-refractivity contribution is 7.99. The molecule has 0 atom stereocenters. The van der Waals surface area contributed by atoms with Crippen LogP contribution in [-0.4, -0.2) is 18.3 Å². The zero-order valence-corrected chi connectivity index (χ0v) is 12.0. The van der Waals surface area contributed by atoms with E-state index >= 15 is 0 Å². The van der Waals surface area contributed by atoms with Crippen LogP contribution in [0.15, 0.2) is 24.3 Å². The van der Waals surface area contributed by atoms with Crippen molar-refractivity contribution in [2.24, 2.45) is 5.92 Å². The SMILES string of the molecule is Cc1ccc(CSCC(=O)NOCC(C)C)cc1. The molecule has 0 saturated heterocycles. The zero-order valence-electron chi connectivity index (χ0n) is 11.2. The molecular formula is C14H21NO2S. The lowest BCUT2D eigenvalue weighted by Crippen LogP contribution is -2.27. The Morgan fingerprint density at radius 3 is 2.61 bits per heavy atom. The fourth-order valence-electron chi connectivity index (χ4n) is 1.26. The second-order valence-electron chi connectivity index (χ2n) is 4.71. The molecule has 4 heteroatoms. The van der Waals surface area contributed by atoms with E-state index in [9.17, 15) is 4.79 Å². The van der Waals surface area contributed by atoms with Crippen molar-refractivity contribution in [1.29, 1.82) is 0 Å². The fraction of sp³-hybridized carbons (Fsp3) is 0.500. The van der Waals surface area contributed by atoms with E-state index in [0.717, 1.165) is 5.75 Å². The number of hydrogen-bond donors (Lipinski definition) is 1. The smallest absolute Gasteiger partial charge is 0.253 e. The molecule has 1 N–H and O–H groups in total. The molecule has 0 heterocycles. The Balaban J connectivity index is 2.13. The average molecular weight is 267 g/mol. The molecule has 1 rings (SSSR count). The monoisotopic (exact) mass is 267 g/mol. The molecule has 0 aliphatic rings. The van der Waals surface area contributed by atoms with Gasteiger partial charge in [0.2, 0.25) is 0 Å². The molecule has 0 spiro atoms. The minimum absolute atomic E-state index is 0.0761. The fourth-order valence-corrected chi connectivity index (χ4v) is 2.04. The number of carbonyl (C=O) groups excluding carboxylic acids is 1. The second kappa shape index (κ2) is 8.16. The van der Waals surface area contributed by atoms with Gasteiger partial charge in [-0.25, -0.2) is 5.48 Å². The number of hydrogen-bond acceptors (Lipinski definition) is 3. The lowest BCUT2D eigenvalue weighted by Gasteiger charge is -2.07. The van der Waals surface area contributed by atoms with Crippen molar-refractivity contribution in [1.82, 2.24) is 5.48 Å². The van der Waals surface area contributed by atoms with Crippen LogP contribution in [0.25, 0.3) is 0 Å². The Bertz CT molecular complexity index is 363. The second-order valence-corrected chi connectivity index (χ2v) is 5.69. The van der Waals surface area contributed by atoms with E-state index in [1.54, 1.807) is 11.8 Å². The van der Waals surface area contributed by atoms with E-state index in [1.807, 2.05) is 13.8 Å². The third-order valence-corrected chi connectivity index (χ3v) is 3.23. The molecule has 18 heavy (non-hydrogen) atoms. The average Bonchev–Trinajstić information content (AvgIpc) is 2.31. The summed E-state index contributed by atoms with van der Waals surface area (Å²) in [5.74, 6) is 1.61.